The lowest BCUT2D eigenvalue weighted by molar-refractivity contribution is -0.133. The Balaban J connectivity index is 2.65. The molecule has 1 aliphatic rings. The quantitative estimate of drug-likeness (QED) is 0.520. The van der Waals surface area contributed by atoms with E-state index in [1.807, 2.05) is 0 Å². The molecule has 1 saturated heterocycles. The number of carbonyl (C=O) groups excluding carboxylic acids is 3. The molecule has 5 heteroatoms. The summed E-state index contributed by atoms with van der Waals surface area (Å²) in [7, 11) is 0. The highest BCUT2D eigenvalue weighted by atomic mass is 79.9. The number of amides is 2. The Bertz CT molecular complexity index is 249. The molecular weight excluding hydrogens is 226 g/mol. The molecule has 1 unspecified atom stereocenters. The first-order valence-electron chi connectivity index (χ1n) is 3.54. The van der Waals surface area contributed by atoms with E-state index in [-0.39, 0.29) is 30.4 Å². The number of carbonyl (C=O) groups is 3. The zero-order valence-electron chi connectivity index (χ0n) is 6.54. The Morgan fingerprint density at radius 3 is 2.58 bits per heavy atom. The van der Waals surface area contributed by atoms with Crippen LogP contribution < -0.4 is 0 Å². The minimum absolute atomic E-state index is 0.0658. The molecule has 0 aromatic heterocycles. The number of ketones is 1. The van der Waals surface area contributed by atoms with Gasteiger partial charge in [-0.2, -0.15) is 0 Å². The second-order valence-electron chi connectivity index (χ2n) is 2.82. The monoisotopic (exact) mass is 233 g/mol. The van der Waals surface area contributed by atoms with Crippen LogP contribution in [0, 0.1) is 5.92 Å². The second kappa shape index (κ2) is 3.35. The van der Waals surface area contributed by atoms with Crippen molar-refractivity contribution in [2.24, 2.45) is 5.92 Å². The molecule has 0 N–H and O–H groups in total. The molecule has 0 aromatic rings. The summed E-state index contributed by atoms with van der Waals surface area (Å²) in [6.45, 7) is 1.41. The van der Waals surface area contributed by atoms with Crippen molar-refractivity contribution in [3.63, 3.8) is 0 Å². The molecule has 2 amide bonds. The SMILES string of the molecule is CC(=O)CC1CC(=O)N(Br)C1=O. The lowest BCUT2D eigenvalue weighted by Gasteiger charge is -2.03. The maximum Gasteiger partial charge on any atom is 0.243 e. The van der Waals surface area contributed by atoms with Crippen LogP contribution in [0.1, 0.15) is 19.8 Å². The van der Waals surface area contributed by atoms with Crippen LogP contribution in [0.4, 0.5) is 0 Å². The van der Waals surface area contributed by atoms with Crippen molar-refractivity contribution in [3.05, 3.63) is 0 Å². The van der Waals surface area contributed by atoms with Gasteiger partial charge in [-0.05, 0) is 6.92 Å². The number of hydrogen-bond donors (Lipinski definition) is 0. The standard InChI is InChI=1S/C7H8BrNO3/c1-4(10)2-5-3-6(11)9(8)7(5)12/h5H,2-3H2,1H3. The van der Waals surface area contributed by atoms with E-state index in [4.69, 9.17) is 0 Å². The van der Waals surface area contributed by atoms with Gasteiger partial charge in [0.05, 0.1) is 22.1 Å². The molecule has 1 atom stereocenters. The molecule has 0 aliphatic carbocycles. The molecule has 1 heterocycles. The first-order chi connectivity index (χ1) is 5.52. The maximum absolute atomic E-state index is 11.2. The molecule has 66 valence electrons. The van der Waals surface area contributed by atoms with Gasteiger partial charge in [-0.1, -0.05) is 0 Å². The summed E-state index contributed by atoms with van der Waals surface area (Å²) < 4.78 is 0.903. The first-order valence-corrected chi connectivity index (χ1v) is 4.25. The Morgan fingerprint density at radius 2 is 2.25 bits per heavy atom. The van der Waals surface area contributed by atoms with Crippen LogP contribution in [0.15, 0.2) is 0 Å². The molecular formula is C7H8BrNO3. The summed E-state index contributed by atoms with van der Waals surface area (Å²) in [4.78, 5) is 32.7. The topological polar surface area (TPSA) is 54.5 Å². The fourth-order valence-electron chi connectivity index (χ4n) is 1.17. The first kappa shape index (κ1) is 9.38. The largest absolute Gasteiger partial charge is 0.300 e. The number of imide groups is 1. The highest BCUT2D eigenvalue weighted by Gasteiger charge is 2.37. The summed E-state index contributed by atoms with van der Waals surface area (Å²) in [5.41, 5.74) is 0. The number of rotatable bonds is 2. The van der Waals surface area contributed by atoms with Crippen molar-refractivity contribution in [1.29, 1.82) is 0 Å². The van der Waals surface area contributed by atoms with Crippen molar-refractivity contribution >= 4 is 33.7 Å². The lowest BCUT2D eigenvalue weighted by Crippen LogP contribution is -2.20. The van der Waals surface area contributed by atoms with Crippen molar-refractivity contribution in [3.8, 4) is 0 Å². The normalized spacial score (nSPS) is 23.5. The van der Waals surface area contributed by atoms with Crippen molar-refractivity contribution in [2.45, 2.75) is 19.8 Å². The van der Waals surface area contributed by atoms with E-state index >= 15 is 0 Å². The van der Waals surface area contributed by atoms with Gasteiger partial charge in [0, 0.05) is 12.8 Å². The summed E-state index contributed by atoms with van der Waals surface area (Å²) in [5.74, 6) is -1.10. The van der Waals surface area contributed by atoms with Gasteiger partial charge < -0.3 is 4.79 Å². The van der Waals surface area contributed by atoms with Crippen LogP contribution in [0.25, 0.3) is 0 Å². The predicted molar refractivity (Wildman–Crippen MR) is 44.2 cm³/mol. The van der Waals surface area contributed by atoms with Gasteiger partial charge >= 0.3 is 0 Å². The smallest absolute Gasteiger partial charge is 0.243 e. The second-order valence-corrected chi connectivity index (χ2v) is 3.53. The van der Waals surface area contributed by atoms with Crippen LogP contribution in [-0.4, -0.2) is 21.5 Å². The fraction of sp³-hybridized carbons (Fsp3) is 0.571. The van der Waals surface area contributed by atoms with Crippen molar-refractivity contribution < 1.29 is 14.4 Å². The Morgan fingerprint density at radius 1 is 1.67 bits per heavy atom. The average Bonchev–Trinajstić information content (AvgIpc) is 2.17. The Hall–Kier alpha value is -0.710. The summed E-state index contributed by atoms with van der Waals surface area (Å²) >= 11 is 2.82. The number of nitrogens with zero attached hydrogens (tertiary/aromatic N) is 1. The van der Waals surface area contributed by atoms with Gasteiger partial charge in [0.15, 0.2) is 0 Å². The highest BCUT2D eigenvalue weighted by Crippen LogP contribution is 2.25. The van der Waals surface area contributed by atoms with Gasteiger partial charge in [0.25, 0.3) is 0 Å². The third-order valence-electron chi connectivity index (χ3n) is 1.72. The van der Waals surface area contributed by atoms with Gasteiger partial charge in [0.2, 0.25) is 11.8 Å². The highest BCUT2D eigenvalue weighted by molar-refractivity contribution is 9.08. The Labute approximate surface area is 78.2 Å². The predicted octanol–water partition coefficient (Wildman–Crippen LogP) is 0.651. The third-order valence-corrected chi connectivity index (χ3v) is 2.46. The molecule has 0 radical (unpaired) electrons. The number of Topliss-reactive ketones (excluding diaryl/α,β-unsaturated/α-hetero) is 1. The minimum atomic E-state index is -0.450. The van der Waals surface area contributed by atoms with Crippen LogP contribution in [0.3, 0.4) is 0 Å². The molecule has 0 bridgehead atoms. The van der Waals surface area contributed by atoms with E-state index in [2.05, 4.69) is 16.1 Å². The van der Waals surface area contributed by atoms with E-state index in [9.17, 15) is 14.4 Å². The van der Waals surface area contributed by atoms with Gasteiger partial charge in [0.1, 0.15) is 5.78 Å². The zero-order chi connectivity index (χ0) is 9.30. The maximum atomic E-state index is 11.2. The van der Waals surface area contributed by atoms with Crippen LogP contribution in [0.5, 0.6) is 0 Å². The summed E-state index contributed by atoms with van der Waals surface area (Å²) in [5, 5.41) is 0. The van der Waals surface area contributed by atoms with Crippen LogP contribution in [0.2, 0.25) is 0 Å². The van der Waals surface area contributed by atoms with Crippen molar-refractivity contribution in [2.75, 3.05) is 0 Å². The minimum Gasteiger partial charge on any atom is -0.300 e. The molecule has 1 aliphatic heterocycles. The number of halogens is 1. The zero-order valence-corrected chi connectivity index (χ0v) is 8.13. The summed E-state index contributed by atoms with van der Waals surface area (Å²) in [6, 6.07) is 0. The average molecular weight is 234 g/mol. The molecule has 12 heavy (non-hydrogen) atoms. The Kier molecular flexibility index (Phi) is 2.62. The molecule has 1 rings (SSSR count). The number of hydrogen-bond acceptors (Lipinski definition) is 3. The van der Waals surface area contributed by atoms with E-state index in [1.54, 1.807) is 0 Å². The van der Waals surface area contributed by atoms with Gasteiger partial charge in [-0.25, -0.2) is 3.93 Å². The van der Waals surface area contributed by atoms with Crippen molar-refractivity contribution in [1.82, 2.24) is 3.93 Å². The molecule has 0 saturated carbocycles. The lowest BCUT2D eigenvalue weighted by atomic mass is 10.0. The molecule has 0 spiro atoms. The van der Waals surface area contributed by atoms with Gasteiger partial charge in [-0.15, -0.1) is 0 Å². The van der Waals surface area contributed by atoms with E-state index in [0.29, 0.717) is 0 Å². The third kappa shape index (κ3) is 1.72. The van der Waals surface area contributed by atoms with Crippen LogP contribution >= 0.6 is 16.1 Å². The van der Waals surface area contributed by atoms with E-state index in [1.165, 1.54) is 6.92 Å². The van der Waals surface area contributed by atoms with Gasteiger partial charge in [-0.3, -0.25) is 9.59 Å². The fourth-order valence-corrected chi connectivity index (χ4v) is 1.60. The molecule has 0 aromatic carbocycles. The van der Waals surface area contributed by atoms with E-state index in [0.717, 1.165) is 3.93 Å². The summed E-state index contributed by atoms with van der Waals surface area (Å²) in [6.07, 6.45) is 0.302. The van der Waals surface area contributed by atoms with Crippen LogP contribution in [-0.2, 0) is 14.4 Å². The van der Waals surface area contributed by atoms with E-state index < -0.39 is 5.92 Å². The molecule has 1 fully saturated rings. The molecule has 4 nitrogen and oxygen atoms in total.